The molecule has 1 amide bonds. The van der Waals surface area contributed by atoms with E-state index in [-0.39, 0.29) is 5.91 Å². The Hall–Kier alpha value is -0.910. The van der Waals surface area contributed by atoms with Gasteiger partial charge in [-0.3, -0.25) is 15.1 Å². The fraction of sp³-hybridized carbons (Fsp3) is 0.667. The molecule has 0 aromatic carbocycles. The molecule has 2 rings (SSSR count). The normalized spacial score (nSPS) is 20.6. The molecule has 0 spiro atoms. The van der Waals surface area contributed by atoms with Crippen LogP contribution in [0.15, 0.2) is 12.1 Å². The predicted octanol–water partition coefficient (Wildman–Crippen LogP) is 2.75. The number of likely N-dealkylation sites (tertiary alicyclic amines) is 1. The zero-order chi connectivity index (χ0) is 14.4. The molecule has 4 nitrogen and oxygen atoms in total. The molecule has 1 fully saturated rings. The maximum Gasteiger partial charge on any atom is 0.275 e. The Bertz CT molecular complexity index is 433. The van der Waals surface area contributed by atoms with Crippen molar-refractivity contribution >= 4 is 17.2 Å². The first-order chi connectivity index (χ1) is 9.72. The minimum atomic E-state index is -0.194. The summed E-state index contributed by atoms with van der Waals surface area (Å²) < 4.78 is 0. The number of hydrogen-bond acceptors (Lipinski definition) is 4. The molecule has 1 atom stereocenters. The number of nitrogens with one attached hydrogen (secondary N) is 1. The number of hydrogen-bond donors (Lipinski definition) is 2. The summed E-state index contributed by atoms with van der Waals surface area (Å²) in [7, 11) is 0. The highest BCUT2D eigenvalue weighted by Gasteiger charge is 2.17. The molecule has 5 heteroatoms. The van der Waals surface area contributed by atoms with Crippen molar-refractivity contribution in [1.82, 2.24) is 10.3 Å². The topological polar surface area (TPSA) is 58.4 Å². The number of nitrogen functional groups attached to an aromatic ring is 1. The standard InChI is InChI=1S/C15H25N3OS/c1-2-4-12-5-3-9-18(10-8-12)11-13-6-7-14(20-13)15(19)17-16/h6-7,12H,2-5,8-11,16H2,1H3,(H,17,19). The Morgan fingerprint density at radius 1 is 1.45 bits per heavy atom. The molecular formula is C15H25N3OS. The Morgan fingerprint density at radius 3 is 3.05 bits per heavy atom. The van der Waals surface area contributed by atoms with E-state index >= 15 is 0 Å². The van der Waals surface area contributed by atoms with Crippen LogP contribution in [0.1, 0.15) is 53.6 Å². The molecule has 1 aromatic rings. The molecule has 112 valence electrons. The summed E-state index contributed by atoms with van der Waals surface area (Å²) in [6, 6.07) is 3.91. The van der Waals surface area contributed by atoms with Gasteiger partial charge in [0.1, 0.15) is 0 Å². The van der Waals surface area contributed by atoms with Crippen LogP contribution < -0.4 is 11.3 Å². The molecule has 0 aliphatic carbocycles. The lowest BCUT2D eigenvalue weighted by molar-refractivity contribution is 0.0957. The maximum atomic E-state index is 11.4. The van der Waals surface area contributed by atoms with E-state index < -0.39 is 0 Å². The summed E-state index contributed by atoms with van der Waals surface area (Å²) >= 11 is 1.54. The first-order valence-corrected chi connectivity index (χ1v) is 8.36. The monoisotopic (exact) mass is 295 g/mol. The summed E-state index contributed by atoms with van der Waals surface area (Å²) in [6.07, 6.45) is 6.65. The number of nitrogens with two attached hydrogens (primary N) is 1. The molecule has 2 heterocycles. The summed E-state index contributed by atoms with van der Waals surface area (Å²) in [5.41, 5.74) is 2.19. The van der Waals surface area contributed by atoms with Crippen LogP contribution in [-0.4, -0.2) is 23.9 Å². The lowest BCUT2D eigenvalue weighted by Crippen LogP contribution is -2.29. The highest BCUT2D eigenvalue weighted by atomic mass is 32.1. The fourth-order valence-corrected chi connectivity index (χ4v) is 3.91. The van der Waals surface area contributed by atoms with E-state index in [0.29, 0.717) is 4.88 Å². The first-order valence-electron chi connectivity index (χ1n) is 7.55. The number of nitrogens with zero attached hydrogens (tertiary/aromatic N) is 1. The van der Waals surface area contributed by atoms with Crippen molar-refractivity contribution in [1.29, 1.82) is 0 Å². The SMILES string of the molecule is CCCC1CCCN(Cc2ccc(C(=O)NN)s2)CC1. The number of amides is 1. The minimum absolute atomic E-state index is 0.194. The lowest BCUT2D eigenvalue weighted by Gasteiger charge is -2.19. The largest absolute Gasteiger partial charge is 0.298 e. The molecule has 0 saturated carbocycles. The third-order valence-corrected chi connectivity index (χ3v) is 5.10. The van der Waals surface area contributed by atoms with Crippen molar-refractivity contribution in [2.24, 2.45) is 11.8 Å². The molecule has 1 aliphatic rings. The number of rotatable bonds is 5. The summed E-state index contributed by atoms with van der Waals surface area (Å²) in [4.78, 5) is 15.9. The predicted molar refractivity (Wildman–Crippen MR) is 83.5 cm³/mol. The van der Waals surface area contributed by atoms with Crippen molar-refractivity contribution in [2.75, 3.05) is 13.1 Å². The number of thiophene rings is 1. The van der Waals surface area contributed by atoms with Gasteiger partial charge in [-0.15, -0.1) is 11.3 Å². The van der Waals surface area contributed by atoms with E-state index in [1.807, 2.05) is 12.1 Å². The number of hydrazine groups is 1. The number of carbonyl (C=O) groups is 1. The second-order valence-electron chi connectivity index (χ2n) is 5.60. The second kappa shape index (κ2) is 7.76. The average molecular weight is 295 g/mol. The minimum Gasteiger partial charge on any atom is -0.298 e. The summed E-state index contributed by atoms with van der Waals surface area (Å²) in [5.74, 6) is 5.87. The van der Waals surface area contributed by atoms with Crippen LogP contribution in [-0.2, 0) is 6.54 Å². The molecule has 20 heavy (non-hydrogen) atoms. The van der Waals surface area contributed by atoms with Gasteiger partial charge in [-0.1, -0.05) is 19.8 Å². The molecule has 1 aliphatic heterocycles. The van der Waals surface area contributed by atoms with Crippen molar-refractivity contribution in [3.05, 3.63) is 21.9 Å². The van der Waals surface area contributed by atoms with Crippen LogP contribution in [0.25, 0.3) is 0 Å². The van der Waals surface area contributed by atoms with Crippen molar-refractivity contribution in [3.8, 4) is 0 Å². The Labute approximate surface area is 125 Å². The quantitative estimate of drug-likeness (QED) is 0.499. The van der Waals surface area contributed by atoms with Gasteiger partial charge in [0.25, 0.3) is 5.91 Å². The zero-order valence-corrected chi connectivity index (χ0v) is 13.0. The van der Waals surface area contributed by atoms with E-state index in [1.54, 1.807) is 11.3 Å². The van der Waals surface area contributed by atoms with E-state index in [2.05, 4.69) is 17.2 Å². The van der Waals surface area contributed by atoms with Crippen LogP contribution in [0.5, 0.6) is 0 Å². The van der Waals surface area contributed by atoms with Crippen molar-refractivity contribution < 1.29 is 4.79 Å². The van der Waals surface area contributed by atoms with Gasteiger partial charge in [-0.05, 0) is 50.4 Å². The van der Waals surface area contributed by atoms with Gasteiger partial charge < -0.3 is 0 Å². The van der Waals surface area contributed by atoms with E-state index in [1.165, 1.54) is 50.1 Å². The molecule has 0 bridgehead atoms. The zero-order valence-electron chi connectivity index (χ0n) is 12.2. The van der Waals surface area contributed by atoms with Gasteiger partial charge in [-0.25, -0.2) is 5.84 Å². The lowest BCUT2D eigenvalue weighted by atomic mass is 9.96. The van der Waals surface area contributed by atoms with Crippen molar-refractivity contribution in [2.45, 2.75) is 45.6 Å². The third-order valence-electron chi connectivity index (χ3n) is 4.03. The first kappa shape index (κ1) is 15.5. The van der Waals surface area contributed by atoms with Gasteiger partial charge in [0.15, 0.2) is 0 Å². The second-order valence-corrected chi connectivity index (χ2v) is 6.77. The van der Waals surface area contributed by atoms with E-state index in [0.717, 1.165) is 12.5 Å². The van der Waals surface area contributed by atoms with Gasteiger partial charge in [0.05, 0.1) is 4.88 Å². The fourth-order valence-electron chi connectivity index (χ4n) is 2.96. The number of carbonyl (C=O) groups excluding carboxylic acids is 1. The van der Waals surface area contributed by atoms with E-state index in [4.69, 9.17) is 5.84 Å². The van der Waals surface area contributed by atoms with Crippen LogP contribution >= 0.6 is 11.3 Å². The molecule has 3 N–H and O–H groups in total. The molecule has 1 aromatic heterocycles. The molecule has 0 radical (unpaired) electrons. The molecular weight excluding hydrogens is 270 g/mol. The Kier molecular flexibility index (Phi) is 6.01. The van der Waals surface area contributed by atoms with Crippen LogP contribution in [0.4, 0.5) is 0 Å². The van der Waals surface area contributed by atoms with Gasteiger partial charge in [0.2, 0.25) is 0 Å². The van der Waals surface area contributed by atoms with Crippen LogP contribution in [0, 0.1) is 5.92 Å². The Morgan fingerprint density at radius 2 is 2.30 bits per heavy atom. The average Bonchev–Trinajstić information content (AvgIpc) is 2.80. The third kappa shape index (κ3) is 4.30. The summed E-state index contributed by atoms with van der Waals surface area (Å²) in [5, 5.41) is 0. The van der Waals surface area contributed by atoms with E-state index in [9.17, 15) is 4.79 Å². The van der Waals surface area contributed by atoms with Gasteiger partial charge in [0, 0.05) is 11.4 Å². The van der Waals surface area contributed by atoms with Crippen LogP contribution in [0.3, 0.4) is 0 Å². The molecule has 1 saturated heterocycles. The van der Waals surface area contributed by atoms with Crippen molar-refractivity contribution in [3.63, 3.8) is 0 Å². The molecule has 1 unspecified atom stereocenters. The Balaban J connectivity index is 1.87. The smallest absolute Gasteiger partial charge is 0.275 e. The maximum absolute atomic E-state index is 11.4. The van der Waals surface area contributed by atoms with Crippen LogP contribution in [0.2, 0.25) is 0 Å². The highest BCUT2D eigenvalue weighted by molar-refractivity contribution is 7.14. The van der Waals surface area contributed by atoms with Gasteiger partial charge in [-0.2, -0.15) is 0 Å². The van der Waals surface area contributed by atoms with Gasteiger partial charge >= 0.3 is 0 Å². The highest BCUT2D eigenvalue weighted by Crippen LogP contribution is 2.24. The summed E-state index contributed by atoms with van der Waals surface area (Å²) in [6.45, 7) is 5.59.